The fraction of sp³-hybridized carbons (Fsp3) is 0.429. The Bertz CT molecular complexity index is 319. The van der Waals surface area contributed by atoms with E-state index in [0.29, 0.717) is 17.0 Å². The van der Waals surface area contributed by atoms with Crippen molar-refractivity contribution in [1.82, 2.24) is 9.97 Å². The van der Waals surface area contributed by atoms with Crippen LogP contribution in [0.1, 0.15) is 0 Å². The van der Waals surface area contributed by atoms with Crippen LogP contribution in [0.5, 0.6) is 5.88 Å². The molecule has 70 valence electrons. The lowest BCUT2D eigenvalue weighted by Crippen LogP contribution is -2.06. The predicted octanol–water partition coefficient (Wildman–Crippen LogP) is 1.67. The fourth-order valence-corrected chi connectivity index (χ4v) is 1.20. The topological polar surface area (TPSA) is 47.5 Å². The molecule has 0 aliphatic carbocycles. The predicted molar refractivity (Wildman–Crippen MR) is 50.0 cm³/mol. The largest absolute Gasteiger partial charge is 0.474 e. The molecule has 1 aliphatic heterocycles. The van der Waals surface area contributed by atoms with E-state index in [2.05, 4.69) is 25.9 Å². The maximum atomic E-state index is 5.59. The summed E-state index contributed by atoms with van der Waals surface area (Å²) in [7, 11) is 0. The minimum Gasteiger partial charge on any atom is -0.474 e. The van der Waals surface area contributed by atoms with Gasteiger partial charge in [-0.1, -0.05) is 0 Å². The van der Waals surface area contributed by atoms with Crippen molar-refractivity contribution in [2.24, 2.45) is 0 Å². The van der Waals surface area contributed by atoms with Gasteiger partial charge in [-0.25, -0.2) is 4.98 Å². The van der Waals surface area contributed by atoms with E-state index in [9.17, 15) is 0 Å². The van der Waals surface area contributed by atoms with Gasteiger partial charge >= 0.3 is 0 Å². The van der Waals surface area contributed by atoms with Crippen LogP contribution < -0.4 is 4.74 Å². The van der Waals surface area contributed by atoms with Crippen LogP contribution in [0, 0.1) is 0 Å². The Morgan fingerprint density at radius 2 is 2.54 bits per heavy atom. The summed E-state index contributed by atoms with van der Waals surface area (Å²) in [4.78, 5) is 7.68. The van der Waals surface area contributed by atoms with Crippen molar-refractivity contribution < 1.29 is 9.47 Å². The number of ether oxygens (including phenoxy) is 2. The zero-order chi connectivity index (χ0) is 9.26. The highest BCUT2D eigenvalue weighted by Gasteiger charge is 2.23. The highest BCUT2D eigenvalue weighted by atomic mass is 79.9. The van der Waals surface area contributed by atoms with Gasteiger partial charge in [0.2, 0.25) is 11.2 Å². The van der Waals surface area contributed by atoms with Gasteiger partial charge in [-0.3, -0.25) is 0 Å². The number of hydrogen-bond acceptors (Lipinski definition) is 4. The van der Waals surface area contributed by atoms with Crippen LogP contribution in [-0.4, -0.2) is 29.3 Å². The summed E-state index contributed by atoms with van der Waals surface area (Å²) in [5, 5.41) is 0.176. The number of nitrogens with zero attached hydrogens (tertiary/aromatic N) is 2. The SMILES string of the molecule is Clc1ncc(Br)c(OCC2CO2)n1. The van der Waals surface area contributed by atoms with Crippen molar-refractivity contribution in [3.05, 3.63) is 16.0 Å². The van der Waals surface area contributed by atoms with Gasteiger partial charge in [-0.05, 0) is 27.5 Å². The molecule has 0 radical (unpaired) electrons. The summed E-state index contributed by atoms with van der Waals surface area (Å²) in [6, 6.07) is 0. The summed E-state index contributed by atoms with van der Waals surface area (Å²) in [5.41, 5.74) is 0. The summed E-state index contributed by atoms with van der Waals surface area (Å²) >= 11 is 8.84. The van der Waals surface area contributed by atoms with Gasteiger partial charge in [0.05, 0.1) is 11.1 Å². The van der Waals surface area contributed by atoms with E-state index in [0.717, 1.165) is 6.61 Å². The average molecular weight is 265 g/mol. The highest BCUT2D eigenvalue weighted by Crippen LogP contribution is 2.23. The van der Waals surface area contributed by atoms with E-state index >= 15 is 0 Å². The minimum absolute atomic E-state index is 0.176. The first-order valence-electron chi connectivity index (χ1n) is 3.68. The zero-order valence-electron chi connectivity index (χ0n) is 6.54. The molecule has 0 saturated carbocycles. The summed E-state index contributed by atoms with van der Waals surface area (Å²) < 4.78 is 11.0. The number of epoxide rings is 1. The number of rotatable bonds is 3. The molecule has 0 spiro atoms. The van der Waals surface area contributed by atoms with Gasteiger partial charge in [0.1, 0.15) is 12.7 Å². The summed E-state index contributed by atoms with van der Waals surface area (Å²) in [6.07, 6.45) is 1.76. The molecule has 6 heteroatoms. The summed E-state index contributed by atoms with van der Waals surface area (Å²) in [5.74, 6) is 0.454. The van der Waals surface area contributed by atoms with Gasteiger partial charge in [-0.2, -0.15) is 4.98 Å². The molecule has 0 bridgehead atoms. The number of aromatic nitrogens is 2. The molecular formula is C7H6BrClN2O2. The Kier molecular flexibility index (Phi) is 2.66. The Labute approximate surface area is 88.4 Å². The van der Waals surface area contributed by atoms with Crippen LogP contribution in [0.4, 0.5) is 0 Å². The van der Waals surface area contributed by atoms with Crippen LogP contribution in [0.3, 0.4) is 0 Å². The fourth-order valence-electron chi connectivity index (χ4n) is 0.769. The van der Waals surface area contributed by atoms with E-state index in [1.807, 2.05) is 0 Å². The molecule has 13 heavy (non-hydrogen) atoms. The number of halogens is 2. The van der Waals surface area contributed by atoms with Gasteiger partial charge in [0, 0.05) is 6.20 Å². The Morgan fingerprint density at radius 3 is 3.23 bits per heavy atom. The third-order valence-corrected chi connectivity index (χ3v) is 2.22. The molecule has 2 heterocycles. The van der Waals surface area contributed by atoms with Crippen molar-refractivity contribution in [1.29, 1.82) is 0 Å². The van der Waals surface area contributed by atoms with Crippen LogP contribution in [0.2, 0.25) is 5.28 Å². The van der Waals surface area contributed by atoms with Crippen molar-refractivity contribution in [3.63, 3.8) is 0 Å². The molecule has 1 fully saturated rings. The van der Waals surface area contributed by atoms with Crippen LogP contribution in [0.15, 0.2) is 10.7 Å². The molecule has 0 amide bonds. The van der Waals surface area contributed by atoms with Crippen LogP contribution in [-0.2, 0) is 4.74 Å². The van der Waals surface area contributed by atoms with E-state index in [-0.39, 0.29) is 11.4 Å². The molecule has 1 aliphatic rings. The second-order valence-corrected chi connectivity index (χ2v) is 3.75. The van der Waals surface area contributed by atoms with Gasteiger partial charge in [-0.15, -0.1) is 0 Å². The quantitative estimate of drug-likeness (QED) is 0.616. The van der Waals surface area contributed by atoms with Crippen LogP contribution in [0.25, 0.3) is 0 Å². The molecule has 0 N–H and O–H groups in total. The molecule has 4 nitrogen and oxygen atoms in total. The Balaban J connectivity index is 2.03. The third-order valence-electron chi connectivity index (χ3n) is 1.49. The van der Waals surface area contributed by atoms with Gasteiger partial charge in [0.25, 0.3) is 0 Å². The molecule has 1 aromatic rings. The molecule has 0 aromatic carbocycles. The van der Waals surface area contributed by atoms with Crippen molar-refractivity contribution in [2.75, 3.05) is 13.2 Å². The first-order chi connectivity index (χ1) is 6.25. The lowest BCUT2D eigenvalue weighted by atomic mass is 10.5. The van der Waals surface area contributed by atoms with E-state index in [1.165, 1.54) is 0 Å². The first kappa shape index (κ1) is 9.18. The van der Waals surface area contributed by atoms with E-state index < -0.39 is 0 Å². The molecule has 1 aromatic heterocycles. The second-order valence-electron chi connectivity index (χ2n) is 2.56. The van der Waals surface area contributed by atoms with Crippen molar-refractivity contribution >= 4 is 27.5 Å². The van der Waals surface area contributed by atoms with Crippen molar-refractivity contribution in [2.45, 2.75) is 6.10 Å². The molecule has 2 rings (SSSR count). The smallest absolute Gasteiger partial charge is 0.232 e. The molecule has 1 saturated heterocycles. The zero-order valence-corrected chi connectivity index (χ0v) is 8.88. The second kappa shape index (κ2) is 3.77. The monoisotopic (exact) mass is 264 g/mol. The average Bonchev–Trinajstić information content (AvgIpc) is 2.90. The van der Waals surface area contributed by atoms with Gasteiger partial charge < -0.3 is 9.47 Å². The molecule has 1 unspecified atom stereocenters. The normalized spacial score (nSPS) is 20.0. The lowest BCUT2D eigenvalue weighted by molar-refractivity contribution is 0.253. The number of hydrogen-bond donors (Lipinski definition) is 0. The highest BCUT2D eigenvalue weighted by molar-refractivity contribution is 9.10. The Hall–Kier alpha value is -0.390. The first-order valence-corrected chi connectivity index (χ1v) is 4.85. The summed E-state index contributed by atoms with van der Waals surface area (Å²) in [6.45, 7) is 1.27. The Morgan fingerprint density at radius 1 is 1.77 bits per heavy atom. The third kappa shape index (κ3) is 2.52. The molecule has 1 atom stereocenters. The van der Waals surface area contributed by atoms with E-state index in [4.69, 9.17) is 21.1 Å². The maximum absolute atomic E-state index is 5.59. The molecular weight excluding hydrogens is 259 g/mol. The van der Waals surface area contributed by atoms with Crippen LogP contribution >= 0.6 is 27.5 Å². The maximum Gasteiger partial charge on any atom is 0.232 e. The van der Waals surface area contributed by atoms with Crippen molar-refractivity contribution in [3.8, 4) is 5.88 Å². The lowest BCUT2D eigenvalue weighted by Gasteiger charge is -2.04. The minimum atomic E-state index is 0.176. The van der Waals surface area contributed by atoms with E-state index in [1.54, 1.807) is 6.20 Å². The standard InChI is InChI=1S/C7H6BrClN2O2/c8-5-1-10-7(9)11-6(5)13-3-4-2-12-4/h1,4H,2-3H2. The van der Waals surface area contributed by atoms with Gasteiger partial charge in [0.15, 0.2) is 0 Å².